The molecule has 20 heavy (non-hydrogen) atoms. The third kappa shape index (κ3) is 3.68. The van der Waals surface area contributed by atoms with E-state index in [1.165, 1.54) is 51.7 Å². The lowest BCUT2D eigenvalue weighted by atomic mass is 9.89. The highest BCUT2D eigenvalue weighted by Gasteiger charge is 2.13. The van der Waals surface area contributed by atoms with E-state index in [0.29, 0.717) is 0 Å². The fourth-order valence-electron chi connectivity index (χ4n) is 2.85. The molecule has 0 unspecified atom stereocenters. The molecular formula is C16H22N2S2. The Bertz CT molecular complexity index is 538. The van der Waals surface area contributed by atoms with E-state index in [-0.39, 0.29) is 0 Å². The molecule has 2 nitrogen and oxygen atoms in total. The molecule has 2 aromatic rings. The van der Waals surface area contributed by atoms with Crippen molar-refractivity contribution in [2.45, 2.75) is 45.6 Å². The highest BCUT2D eigenvalue weighted by Crippen LogP contribution is 2.32. The standard InChI is InChI=1S/C16H22N2S2/c1-12-7-8-14(19-12)15-10-18-16(20-15)11-17-9-13-5-3-2-4-6-13/h7-8,10,13,17H,2-6,9,11H2,1H3. The number of nitrogens with zero attached hydrogens (tertiary/aromatic N) is 1. The maximum Gasteiger partial charge on any atom is 0.107 e. The van der Waals surface area contributed by atoms with Crippen molar-refractivity contribution in [2.24, 2.45) is 5.92 Å². The summed E-state index contributed by atoms with van der Waals surface area (Å²) in [5.74, 6) is 0.892. The zero-order valence-corrected chi connectivity index (χ0v) is 13.7. The Kier molecular flexibility index (Phi) is 4.86. The first-order chi connectivity index (χ1) is 9.81. The van der Waals surface area contributed by atoms with Gasteiger partial charge in [-0.2, -0.15) is 0 Å². The van der Waals surface area contributed by atoms with Gasteiger partial charge in [-0.3, -0.25) is 0 Å². The highest BCUT2D eigenvalue weighted by atomic mass is 32.1. The van der Waals surface area contributed by atoms with Gasteiger partial charge in [-0.1, -0.05) is 19.3 Å². The normalized spacial score (nSPS) is 16.6. The number of rotatable bonds is 5. The van der Waals surface area contributed by atoms with Crippen molar-refractivity contribution in [3.8, 4) is 9.75 Å². The zero-order chi connectivity index (χ0) is 13.8. The molecule has 108 valence electrons. The van der Waals surface area contributed by atoms with Gasteiger partial charge in [0.1, 0.15) is 5.01 Å². The molecule has 1 N–H and O–H groups in total. The van der Waals surface area contributed by atoms with Crippen LogP contribution in [0.2, 0.25) is 0 Å². The Labute approximate surface area is 129 Å². The number of hydrogen-bond acceptors (Lipinski definition) is 4. The second-order valence-corrected chi connectivity index (χ2v) is 8.07. The molecule has 4 heteroatoms. The van der Waals surface area contributed by atoms with Gasteiger partial charge >= 0.3 is 0 Å². The van der Waals surface area contributed by atoms with E-state index in [0.717, 1.165) is 19.0 Å². The monoisotopic (exact) mass is 306 g/mol. The van der Waals surface area contributed by atoms with Crippen LogP contribution in [0, 0.1) is 12.8 Å². The number of hydrogen-bond donors (Lipinski definition) is 1. The fraction of sp³-hybridized carbons (Fsp3) is 0.562. The first-order valence-electron chi connectivity index (χ1n) is 7.53. The van der Waals surface area contributed by atoms with Gasteiger partial charge in [-0.15, -0.1) is 22.7 Å². The lowest BCUT2D eigenvalue weighted by Gasteiger charge is -2.21. The minimum Gasteiger partial charge on any atom is -0.310 e. The summed E-state index contributed by atoms with van der Waals surface area (Å²) in [5.41, 5.74) is 0. The van der Waals surface area contributed by atoms with Crippen molar-refractivity contribution < 1.29 is 0 Å². The largest absolute Gasteiger partial charge is 0.310 e. The van der Waals surface area contributed by atoms with Gasteiger partial charge in [-0.25, -0.2) is 4.98 Å². The summed E-state index contributed by atoms with van der Waals surface area (Å²) in [4.78, 5) is 8.56. The summed E-state index contributed by atoms with van der Waals surface area (Å²) in [5, 5.41) is 4.80. The molecule has 0 saturated heterocycles. The first-order valence-corrected chi connectivity index (χ1v) is 9.17. The third-order valence-corrected chi connectivity index (χ3v) is 6.16. The van der Waals surface area contributed by atoms with Gasteiger partial charge in [0.25, 0.3) is 0 Å². The molecule has 0 amide bonds. The highest BCUT2D eigenvalue weighted by molar-refractivity contribution is 7.21. The minimum absolute atomic E-state index is 0.892. The van der Waals surface area contributed by atoms with Gasteiger partial charge in [0.15, 0.2) is 0 Å². The SMILES string of the molecule is Cc1ccc(-c2cnc(CNCC3CCCCC3)s2)s1. The Hall–Kier alpha value is -0.710. The maximum atomic E-state index is 4.55. The van der Waals surface area contributed by atoms with Crippen molar-refractivity contribution in [1.29, 1.82) is 0 Å². The van der Waals surface area contributed by atoms with Crippen molar-refractivity contribution in [2.75, 3.05) is 6.54 Å². The predicted molar refractivity (Wildman–Crippen MR) is 88.4 cm³/mol. The second kappa shape index (κ2) is 6.83. The summed E-state index contributed by atoms with van der Waals surface area (Å²) >= 11 is 3.67. The average Bonchev–Trinajstić information content (AvgIpc) is 3.09. The van der Waals surface area contributed by atoms with Crippen LogP contribution < -0.4 is 5.32 Å². The smallest absolute Gasteiger partial charge is 0.107 e. The molecule has 0 aliphatic heterocycles. The van der Waals surface area contributed by atoms with Crippen LogP contribution in [0.15, 0.2) is 18.3 Å². The van der Waals surface area contributed by atoms with Crippen LogP contribution >= 0.6 is 22.7 Å². The quantitative estimate of drug-likeness (QED) is 0.854. The third-order valence-electron chi connectivity index (χ3n) is 3.97. The summed E-state index contributed by atoms with van der Waals surface area (Å²) < 4.78 is 0. The molecule has 3 rings (SSSR count). The second-order valence-electron chi connectivity index (χ2n) is 5.66. The van der Waals surface area contributed by atoms with Crippen LogP contribution in [0.1, 0.15) is 42.0 Å². The Morgan fingerprint density at radius 2 is 2.00 bits per heavy atom. The van der Waals surface area contributed by atoms with Crippen LogP contribution in [-0.2, 0) is 6.54 Å². The Morgan fingerprint density at radius 3 is 2.75 bits per heavy atom. The van der Waals surface area contributed by atoms with Crippen molar-refractivity contribution in [3.05, 3.63) is 28.2 Å². The Morgan fingerprint density at radius 1 is 1.15 bits per heavy atom. The molecule has 0 aromatic carbocycles. The first kappa shape index (κ1) is 14.2. The number of aromatic nitrogens is 1. The van der Waals surface area contributed by atoms with E-state index in [2.05, 4.69) is 29.4 Å². The molecule has 2 heterocycles. The molecule has 1 aliphatic carbocycles. The average molecular weight is 306 g/mol. The van der Waals surface area contributed by atoms with Gasteiger partial charge < -0.3 is 5.32 Å². The van der Waals surface area contributed by atoms with E-state index in [1.807, 2.05) is 28.9 Å². The van der Waals surface area contributed by atoms with Crippen molar-refractivity contribution in [1.82, 2.24) is 10.3 Å². The summed E-state index contributed by atoms with van der Waals surface area (Å²) in [6.07, 6.45) is 9.12. The number of aryl methyl sites for hydroxylation is 1. The molecule has 0 spiro atoms. The van der Waals surface area contributed by atoms with E-state index in [9.17, 15) is 0 Å². The number of thiophene rings is 1. The summed E-state index contributed by atoms with van der Waals surface area (Å²) in [6, 6.07) is 4.38. The van der Waals surface area contributed by atoms with Crippen molar-refractivity contribution in [3.63, 3.8) is 0 Å². The van der Waals surface area contributed by atoms with Gasteiger partial charge in [0.2, 0.25) is 0 Å². The maximum absolute atomic E-state index is 4.55. The fourth-order valence-corrected chi connectivity index (χ4v) is 4.68. The summed E-state index contributed by atoms with van der Waals surface area (Å²) in [6.45, 7) is 4.24. The number of nitrogens with one attached hydrogen (secondary N) is 1. The molecule has 0 radical (unpaired) electrons. The molecule has 0 atom stereocenters. The number of thiazole rings is 1. The van der Waals surface area contributed by atoms with Crippen molar-refractivity contribution >= 4 is 22.7 Å². The van der Waals surface area contributed by atoms with E-state index in [1.54, 1.807) is 0 Å². The van der Waals surface area contributed by atoms with Crippen LogP contribution in [-0.4, -0.2) is 11.5 Å². The van der Waals surface area contributed by atoms with E-state index < -0.39 is 0 Å². The Balaban J connectivity index is 1.50. The molecule has 1 aliphatic rings. The minimum atomic E-state index is 0.892. The lowest BCUT2D eigenvalue weighted by Crippen LogP contribution is -2.24. The van der Waals surface area contributed by atoms with E-state index in [4.69, 9.17) is 0 Å². The zero-order valence-electron chi connectivity index (χ0n) is 12.0. The van der Waals surface area contributed by atoms with Crippen LogP contribution in [0.25, 0.3) is 9.75 Å². The van der Waals surface area contributed by atoms with Gasteiger partial charge in [0.05, 0.1) is 4.88 Å². The van der Waals surface area contributed by atoms with Gasteiger partial charge in [-0.05, 0) is 44.4 Å². The van der Waals surface area contributed by atoms with E-state index >= 15 is 0 Å². The predicted octanol–water partition coefficient (Wildman–Crippen LogP) is 4.85. The molecule has 1 fully saturated rings. The van der Waals surface area contributed by atoms with Crippen LogP contribution in [0.3, 0.4) is 0 Å². The molecular weight excluding hydrogens is 284 g/mol. The molecule has 0 bridgehead atoms. The van der Waals surface area contributed by atoms with Gasteiger partial charge in [0, 0.05) is 22.5 Å². The van der Waals surface area contributed by atoms with Crippen LogP contribution in [0.4, 0.5) is 0 Å². The topological polar surface area (TPSA) is 24.9 Å². The molecule has 1 saturated carbocycles. The molecule has 2 aromatic heterocycles. The van der Waals surface area contributed by atoms with Crippen LogP contribution in [0.5, 0.6) is 0 Å². The summed E-state index contributed by atoms with van der Waals surface area (Å²) in [7, 11) is 0. The lowest BCUT2D eigenvalue weighted by molar-refractivity contribution is 0.342.